The summed E-state index contributed by atoms with van der Waals surface area (Å²) in [7, 11) is -2.12. The van der Waals surface area contributed by atoms with Crippen LogP contribution >= 0.6 is 7.14 Å². The van der Waals surface area contributed by atoms with Crippen LogP contribution in [0.1, 0.15) is 17.9 Å². The molecule has 1 fully saturated rings. The van der Waals surface area contributed by atoms with Crippen molar-refractivity contribution in [2.24, 2.45) is 5.73 Å². The second kappa shape index (κ2) is 3.22. The van der Waals surface area contributed by atoms with Crippen LogP contribution in [-0.2, 0) is 4.57 Å². The third kappa shape index (κ3) is 1.92. The molecule has 1 saturated carbocycles. The lowest BCUT2D eigenvalue weighted by Gasteiger charge is -2.08. The minimum absolute atomic E-state index is 0.318. The van der Waals surface area contributed by atoms with Gasteiger partial charge in [0.05, 0.1) is 0 Å². The summed E-state index contributed by atoms with van der Waals surface area (Å²) in [4.78, 5) is 0. The molecule has 2 rings (SSSR count). The van der Waals surface area contributed by atoms with Gasteiger partial charge in [-0.15, -0.1) is 0 Å². The zero-order valence-electron chi connectivity index (χ0n) is 8.60. The maximum Gasteiger partial charge on any atom is 0.109 e. The van der Waals surface area contributed by atoms with E-state index in [9.17, 15) is 4.57 Å². The summed E-state index contributed by atoms with van der Waals surface area (Å²) in [5.74, 6) is 0.501. The van der Waals surface area contributed by atoms with Crippen LogP contribution in [0.3, 0.4) is 0 Å². The number of benzene rings is 1. The van der Waals surface area contributed by atoms with Gasteiger partial charge < -0.3 is 10.3 Å². The largest absolute Gasteiger partial charge is 0.327 e. The molecule has 1 aliphatic rings. The van der Waals surface area contributed by atoms with E-state index in [0.717, 1.165) is 11.7 Å². The van der Waals surface area contributed by atoms with Gasteiger partial charge in [0.1, 0.15) is 7.14 Å². The minimum Gasteiger partial charge on any atom is -0.327 e. The first-order chi connectivity index (χ1) is 6.48. The Kier molecular flexibility index (Phi) is 2.29. The van der Waals surface area contributed by atoms with Gasteiger partial charge in [0, 0.05) is 17.3 Å². The van der Waals surface area contributed by atoms with Gasteiger partial charge in [-0.25, -0.2) is 0 Å². The van der Waals surface area contributed by atoms with Crippen molar-refractivity contribution in [1.29, 1.82) is 0 Å². The predicted molar refractivity (Wildman–Crippen MR) is 60.9 cm³/mol. The molecule has 3 heteroatoms. The molecular weight excluding hydrogens is 193 g/mol. The zero-order valence-corrected chi connectivity index (χ0v) is 9.50. The predicted octanol–water partition coefficient (Wildman–Crippen LogP) is 1.75. The van der Waals surface area contributed by atoms with Crippen LogP contribution in [0.25, 0.3) is 0 Å². The number of hydrogen-bond acceptors (Lipinski definition) is 2. The van der Waals surface area contributed by atoms with Gasteiger partial charge >= 0.3 is 0 Å². The van der Waals surface area contributed by atoms with Crippen molar-refractivity contribution < 1.29 is 4.57 Å². The summed E-state index contributed by atoms with van der Waals surface area (Å²) >= 11 is 0. The van der Waals surface area contributed by atoms with Crippen molar-refractivity contribution in [3.63, 3.8) is 0 Å². The molecule has 0 radical (unpaired) electrons. The lowest BCUT2D eigenvalue weighted by atomic mass is 10.1. The average molecular weight is 209 g/mol. The third-order valence-electron chi connectivity index (χ3n) is 2.76. The Morgan fingerprint density at radius 2 is 2.07 bits per heavy atom. The molecule has 1 aliphatic carbocycles. The molecule has 2 atom stereocenters. The van der Waals surface area contributed by atoms with E-state index in [1.165, 1.54) is 5.56 Å². The summed E-state index contributed by atoms with van der Waals surface area (Å²) in [6.07, 6.45) is 1.07. The highest BCUT2D eigenvalue weighted by Gasteiger charge is 2.35. The second-order valence-corrected chi connectivity index (χ2v) is 7.67. The maximum absolute atomic E-state index is 11.9. The van der Waals surface area contributed by atoms with Gasteiger partial charge in [0.15, 0.2) is 0 Å². The molecule has 0 heterocycles. The molecule has 0 spiro atoms. The molecule has 0 bridgehead atoms. The number of rotatable bonds is 2. The SMILES string of the molecule is CP(C)(=O)c1cccc(C2CC2N)c1. The molecule has 2 unspecified atom stereocenters. The number of hydrogen-bond donors (Lipinski definition) is 1. The lowest BCUT2D eigenvalue weighted by molar-refractivity contribution is 0.588. The Morgan fingerprint density at radius 3 is 2.57 bits per heavy atom. The first-order valence-corrected chi connectivity index (χ1v) is 7.50. The van der Waals surface area contributed by atoms with Crippen molar-refractivity contribution in [3.05, 3.63) is 29.8 Å². The quantitative estimate of drug-likeness (QED) is 0.754. The van der Waals surface area contributed by atoms with Crippen LogP contribution in [-0.4, -0.2) is 19.4 Å². The average Bonchev–Trinajstić information content (AvgIpc) is 2.82. The lowest BCUT2D eigenvalue weighted by Crippen LogP contribution is -2.06. The standard InChI is InChI=1S/C11H16NOP/c1-14(2,13)9-5-3-4-8(6-9)10-7-11(10)12/h3-6,10-11H,7,12H2,1-2H3. The third-order valence-corrected chi connectivity index (χ3v) is 4.28. The highest BCUT2D eigenvalue weighted by Crippen LogP contribution is 2.41. The van der Waals surface area contributed by atoms with Gasteiger partial charge in [0.2, 0.25) is 0 Å². The summed E-state index contributed by atoms with van der Waals surface area (Å²) in [6, 6.07) is 8.38. The Morgan fingerprint density at radius 1 is 1.43 bits per heavy atom. The van der Waals surface area contributed by atoms with E-state index >= 15 is 0 Å². The topological polar surface area (TPSA) is 43.1 Å². The first-order valence-electron chi connectivity index (χ1n) is 4.89. The summed E-state index contributed by atoms with van der Waals surface area (Å²) in [6.45, 7) is 3.61. The Labute approximate surface area is 84.9 Å². The Bertz CT molecular complexity index is 396. The van der Waals surface area contributed by atoms with Crippen molar-refractivity contribution in [2.75, 3.05) is 13.3 Å². The molecule has 0 aromatic heterocycles. The molecule has 76 valence electrons. The van der Waals surface area contributed by atoms with Crippen LogP contribution in [0.5, 0.6) is 0 Å². The summed E-state index contributed by atoms with van der Waals surface area (Å²) < 4.78 is 11.9. The Balaban J connectivity index is 2.33. The van der Waals surface area contributed by atoms with Crippen molar-refractivity contribution in [1.82, 2.24) is 0 Å². The van der Waals surface area contributed by atoms with E-state index in [0.29, 0.717) is 12.0 Å². The molecule has 2 nitrogen and oxygen atoms in total. The van der Waals surface area contributed by atoms with E-state index in [1.807, 2.05) is 12.1 Å². The molecule has 0 aliphatic heterocycles. The van der Waals surface area contributed by atoms with E-state index in [1.54, 1.807) is 13.3 Å². The van der Waals surface area contributed by atoms with E-state index in [4.69, 9.17) is 5.73 Å². The number of nitrogens with two attached hydrogens (primary N) is 1. The highest BCUT2D eigenvalue weighted by atomic mass is 31.2. The monoisotopic (exact) mass is 209 g/mol. The van der Waals surface area contributed by atoms with Gasteiger partial charge in [-0.3, -0.25) is 0 Å². The van der Waals surface area contributed by atoms with Gasteiger partial charge in [0.25, 0.3) is 0 Å². The van der Waals surface area contributed by atoms with E-state index in [2.05, 4.69) is 12.1 Å². The zero-order chi connectivity index (χ0) is 10.3. The van der Waals surface area contributed by atoms with Crippen LogP contribution in [0.2, 0.25) is 0 Å². The Hall–Kier alpha value is -0.590. The van der Waals surface area contributed by atoms with Crippen LogP contribution in [0, 0.1) is 0 Å². The van der Waals surface area contributed by atoms with Crippen molar-refractivity contribution in [3.8, 4) is 0 Å². The van der Waals surface area contributed by atoms with Gasteiger partial charge in [-0.1, -0.05) is 18.2 Å². The fourth-order valence-corrected chi connectivity index (χ4v) is 2.59. The fraction of sp³-hybridized carbons (Fsp3) is 0.455. The fourth-order valence-electron chi connectivity index (χ4n) is 1.69. The molecule has 0 saturated heterocycles. The van der Waals surface area contributed by atoms with Crippen molar-refractivity contribution in [2.45, 2.75) is 18.4 Å². The van der Waals surface area contributed by atoms with Crippen LogP contribution in [0.4, 0.5) is 0 Å². The normalized spacial score (nSPS) is 26.2. The molecular formula is C11H16NOP. The maximum atomic E-state index is 11.9. The summed E-state index contributed by atoms with van der Waals surface area (Å²) in [5, 5.41) is 0.967. The van der Waals surface area contributed by atoms with Crippen molar-refractivity contribution >= 4 is 12.4 Å². The van der Waals surface area contributed by atoms with Gasteiger partial charge in [-0.05, 0) is 31.4 Å². The van der Waals surface area contributed by atoms with Crippen LogP contribution in [0.15, 0.2) is 24.3 Å². The van der Waals surface area contributed by atoms with E-state index in [-0.39, 0.29) is 0 Å². The van der Waals surface area contributed by atoms with Crippen LogP contribution < -0.4 is 11.0 Å². The van der Waals surface area contributed by atoms with Gasteiger partial charge in [-0.2, -0.15) is 0 Å². The summed E-state index contributed by atoms with van der Waals surface area (Å²) in [5.41, 5.74) is 7.04. The molecule has 0 amide bonds. The molecule has 1 aromatic carbocycles. The molecule has 1 aromatic rings. The minimum atomic E-state index is -2.12. The second-order valence-electron chi connectivity index (χ2n) is 4.45. The smallest absolute Gasteiger partial charge is 0.109 e. The first kappa shape index (κ1) is 9.95. The van der Waals surface area contributed by atoms with E-state index < -0.39 is 7.14 Å². The molecule has 14 heavy (non-hydrogen) atoms. The molecule has 2 N–H and O–H groups in total. The highest BCUT2D eigenvalue weighted by molar-refractivity contribution is 7.70.